The molecular formula is C15H18ClN3O3. The Labute approximate surface area is 135 Å². The molecule has 0 aliphatic rings. The lowest BCUT2D eigenvalue weighted by molar-refractivity contribution is 0.0526. The molecule has 2 N–H and O–H groups in total. The second-order valence-electron chi connectivity index (χ2n) is 4.55. The number of carbonyl (C=O) groups is 1. The Balaban J connectivity index is 0.00000242. The van der Waals surface area contributed by atoms with Gasteiger partial charge in [0.05, 0.1) is 12.3 Å². The maximum atomic E-state index is 11.9. The van der Waals surface area contributed by atoms with Gasteiger partial charge in [0.25, 0.3) is 0 Å². The van der Waals surface area contributed by atoms with E-state index in [1.165, 1.54) is 6.20 Å². The molecule has 0 aliphatic carbocycles. The number of ether oxygens (including phenoxy) is 1. The summed E-state index contributed by atoms with van der Waals surface area (Å²) in [6.07, 6.45) is 1.41. The number of aromatic hydroxyl groups is 1. The third-order valence-corrected chi connectivity index (χ3v) is 2.81. The predicted octanol–water partition coefficient (Wildman–Crippen LogP) is 3.14. The zero-order valence-corrected chi connectivity index (χ0v) is 13.4. The van der Waals surface area contributed by atoms with Crippen LogP contribution in [-0.2, 0) is 4.74 Å². The van der Waals surface area contributed by atoms with Gasteiger partial charge in [0.1, 0.15) is 23.0 Å². The molecule has 2 aromatic rings. The van der Waals surface area contributed by atoms with Crippen LogP contribution in [0.5, 0.6) is 5.75 Å². The Morgan fingerprint density at radius 1 is 1.36 bits per heavy atom. The third-order valence-electron chi connectivity index (χ3n) is 2.81. The van der Waals surface area contributed by atoms with E-state index in [2.05, 4.69) is 15.3 Å². The second kappa shape index (κ2) is 7.61. The van der Waals surface area contributed by atoms with Gasteiger partial charge in [-0.2, -0.15) is 0 Å². The molecule has 0 aliphatic heterocycles. The molecular weight excluding hydrogens is 306 g/mol. The first-order chi connectivity index (χ1) is 10.0. The Kier molecular flexibility index (Phi) is 6.12. The molecule has 1 heterocycles. The number of benzene rings is 1. The number of aryl methyl sites for hydroxylation is 2. The molecule has 0 fully saturated rings. The van der Waals surface area contributed by atoms with Crippen molar-refractivity contribution >= 4 is 29.9 Å². The molecule has 0 bridgehead atoms. The maximum Gasteiger partial charge on any atom is 0.343 e. The van der Waals surface area contributed by atoms with E-state index in [-0.39, 0.29) is 30.3 Å². The van der Waals surface area contributed by atoms with Crippen LogP contribution in [0.1, 0.15) is 28.7 Å². The molecule has 0 radical (unpaired) electrons. The molecule has 0 saturated carbocycles. The summed E-state index contributed by atoms with van der Waals surface area (Å²) in [4.78, 5) is 20.1. The summed E-state index contributed by atoms with van der Waals surface area (Å²) in [5.74, 6) is 0.387. The number of hydrogen-bond acceptors (Lipinski definition) is 6. The highest BCUT2D eigenvalue weighted by Crippen LogP contribution is 2.28. The fourth-order valence-corrected chi connectivity index (χ4v) is 1.80. The van der Waals surface area contributed by atoms with Crippen molar-refractivity contribution < 1.29 is 14.6 Å². The molecule has 0 amide bonds. The smallest absolute Gasteiger partial charge is 0.343 e. The average molecular weight is 324 g/mol. The van der Waals surface area contributed by atoms with Crippen LogP contribution in [0.4, 0.5) is 11.5 Å². The third kappa shape index (κ3) is 4.08. The van der Waals surface area contributed by atoms with Gasteiger partial charge in [-0.25, -0.2) is 14.8 Å². The van der Waals surface area contributed by atoms with E-state index < -0.39 is 5.97 Å². The van der Waals surface area contributed by atoms with Crippen molar-refractivity contribution in [3.05, 3.63) is 41.3 Å². The summed E-state index contributed by atoms with van der Waals surface area (Å²) in [5, 5.41) is 12.8. The molecule has 0 atom stereocenters. The maximum absolute atomic E-state index is 11.9. The molecule has 118 valence electrons. The lowest BCUT2D eigenvalue weighted by Gasteiger charge is -2.12. The molecule has 6 nitrogen and oxygen atoms in total. The zero-order chi connectivity index (χ0) is 15.4. The average Bonchev–Trinajstić information content (AvgIpc) is 2.43. The molecule has 0 unspecified atom stereocenters. The minimum Gasteiger partial charge on any atom is -0.506 e. The molecule has 22 heavy (non-hydrogen) atoms. The van der Waals surface area contributed by atoms with Crippen LogP contribution in [0.15, 0.2) is 24.4 Å². The second-order valence-corrected chi connectivity index (χ2v) is 4.55. The van der Waals surface area contributed by atoms with Gasteiger partial charge in [-0.3, -0.25) is 0 Å². The minimum absolute atomic E-state index is 0. The van der Waals surface area contributed by atoms with E-state index in [1.807, 2.05) is 6.92 Å². The first kappa shape index (κ1) is 17.7. The number of aromatic nitrogens is 2. The number of esters is 1. The summed E-state index contributed by atoms with van der Waals surface area (Å²) >= 11 is 0. The first-order valence-corrected chi connectivity index (χ1v) is 6.58. The van der Waals surface area contributed by atoms with Gasteiger partial charge in [0, 0.05) is 6.20 Å². The molecule has 7 heteroatoms. The highest BCUT2D eigenvalue weighted by atomic mass is 35.5. The molecule has 1 aromatic heterocycles. The van der Waals surface area contributed by atoms with Gasteiger partial charge in [0.15, 0.2) is 0 Å². The van der Waals surface area contributed by atoms with Gasteiger partial charge >= 0.3 is 5.97 Å². The van der Waals surface area contributed by atoms with Gasteiger partial charge in [0.2, 0.25) is 0 Å². The van der Waals surface area contributed by atoms with Crippen molar-refractivity contribution in [2.45, 2.75) is 20.8 Å². The van der Waals surface area contributed by atoms with E-state index in [4.69, 9.17) is 4.74 Å². The largest absolute Gasteiger partial charge is 0.506 e. The van der Waals surface area contributed by atoms with Crippen LogP contribution < -0.4 is 5.32 Å². The van der Waals surface area contributed by atoms with Crippen molar-refractivity contribution in [2.24, 2.45) is 0 Å². The molecule has 0 spiro atoms. The van der Waals surface area contributed by atoms with Crippen molar-refractivity contribution in [3.63, 3.8) is 0 Å². The topological polar surface area (TPSA) is 84.3 Å². The number of halogens is 1. The Hall–Kier alpha value is -2.34. The summed E-state index contributed by atoms with van der Waals surface area (Å²) < 4.78 is 4.98. The Bertz CT molecular complexity index is 677. The lowest BCUT2D eigenvalue weighted by atomic mass is 10.2. The fourth-order valence-electron chi connectivity index (χ4n) is 1.80. The number of phenols is 1. The molecule has 1 aromatic carbocycles. The number of phenolic OH excluding ortho intramolecular Hbond substituents is 1. The van der Waals surface area contributed by atoms with Crippen LogP contribution in [-0.4, -0.2) is 27.7 Å². The van der Waals surface area contributed by atoms with Gasteiger partial charge in [-0.15, -0.1) is 12.4 Å². The standard InChI is InChI=1S/C15H17N3O3.ClH/c1-4-21-15(20)11-8-16-10(3)17-14(11)18-12-7-9(2)5-6-13(12)19;/h5-8,19H,4H2,1-3H3,(H,16,17,18);1H. The van der Waals surface area contributed by atoms with Gasteiger partial charge < -0.3 is 15.2 Å². The van der Waals surface area contributed by atoms with Crippen molar-refractivity contribution in [2.75, 3.05) is 11.9 Å². The highest BCUT2D eigenvalue weighted by Gasteiger charge is 2.16. The van der Waals surface area contributed by atoms with Crippen molar-refractivity contribution in [1.29, 1.82) is 0 Å². The Morgan fingerprint density at radius 2 is 2.09 bits per heavy atom. The SMILES string of the molecule is CCOC(=O)c1cnc(C)nc1Nc1cc(C)ccc1O.Cl. The molecule has 2 rings (SSSR count). The van der Waals surface area contributed by atoms with Gasteiger partial charge in [-0.1, -0.05) is 6.07 Å². The van der Waals surface area contributed by atoms with Crippen LogP contribution in [0.25, 0.3) is 0 Å². The van der Waals surface area contributed by atoms with E-state index in [0.717, 1.165) is 5.56 Å². The monoisotopic (exact) mass is 323 g/mol. The minimum atomic E-state index is -0.507. The summed E-state index contributed by atoms with van der Waals surface area (Å²) in [5.41, 5.74) is 1.67. The fraction of sp³-hybridized carbons (Fsp3) is 0.267. The summed E-state index contributed by atoms with van der Waals surface area (Å²) in [6.45, 7) is 5.62. The number of hydrogen-bond donors (Lipinski definition) is 2. The van der Waals surface area contributed by atoms with Crippen LogP contribution in [0.3, 0.4) is 0 Å². The van der Waals surface area contributed by atoms with Gasteiger partial charge in [-0.05, 0) is 38.5 Å². The van der Waals surface area contributed by atoms with Crippen molar-refractivity contribution in [3.8, 4) is 5.75 Å². The van der Waals surface area contributed by atoms with E-state index in [9.17, 15) is 9.90 Å². The highest BCUT2D eigenvalue weighted by molar-refractivity contribution is 5.95. The van der Waals surface area contributed by atoms with Crippen molar-refractivity contribution in [1.82, 2.24) is 9.97 Å². The number of rotatable bonds is 4. The van der Waals surface area contributed by atoms with Crippen LogP contribution >= 0.6 is 12.4 Å². The molecule has 0 saturated heterocycles. The van der Waals surface area contributed by atoms with Crippen LogP contribution in [0.2, 0.25) is 0 Å². The van der Waals surface area contributed by atoms with E-state index >= 15 is 0 Å². The number of anilines is 2. The first-order valence-electron chi connectivity index (χ1n) is 6.58. The van der Waals surface area contributed by atoms with E-state index in [0.29, 0.717) is 17.3 Å². The number of nitrogens with zero attached hydrogens (tertiary/aromatic N) is 2. The summed E-state index contributed by atoms with van der Waals surface area (Å²) in [7, 11) is 0. The quantitative estimate of drug-likeness (QED) is 0.664. The van der Waals surface area contributed by atoms with E-state index in [1.54, 1.807) is 32.0 Å². The number of nitrogens with one attached hydrogen (secondary N) is 1. The lowest BCUT2D eigenvalue weighted by Crippen LogP contribution is -2.11. The number of carbonyl (C=O) groups excluding carboxylic acids is 1. The summed E-state index contributed by atoms with van der Waals surface area (Å²) in [6, 6.07) is 5.13. The predicted molar refractivity (Wildman–Crippen MR) is 86.1 cm³/mol. The zero-order valence-electron chi connectivity index (χ0n) is 12.6. The Morgan fingerprint density at radius 3 is 2.77 bits per heavy atom. The normalized spacial score (nSPS) is 9.77. The van der Waals surface area contributed by atoms with Crippen LogP contribution in [0, 0.1) is 13.8 Å².